The van der Waals surface area contributed by atoms with Crippen LogP contribution in [0.2, 0.25) is 0 Å². The Morgan fingerprint density at radius 3 is 2.42 bits per heavy atom. The van der Waals surface area contributed by atoms with E-state index in [2.05, 4.69) is 42.2 Å². The summed E-state index contributed by atoms with van der Waals surface area (Å²) in [5.74, 6) is 1.71. The normalized spacial score (nSPS) is 21.5. The average Bonchev–Trinajstić information content (AvgIpc) is 2.67. The van der Waals surface area contributed by atoms with Gasteiger partial charge in [-0.1, -0.05) is 55.5 Å². The van der Waals surface area contributed by atoms with Gasteiger partial charge in [0.25, 0.3) is 0 Å². The Hall–Kier alpha value is -1.80. The Balaban J connectivity index is 1.45. The van der Waals surface area contributed by atoms with E-state index in [9.17, 15) is 0 Å². The van der Waals surface area contributed by atoms with Crippen molar-refractivity contribution in [3.05, 3.63) is 66.2 Å². The Morgan fingerprint density at radius 2 is 1.71 bits per heavy atom. The second-order valence-corrected chi connectivity index (χ2v) is 6.75. The monoisotopic (exact) mass is 323 g/mol. The standard InChI is InChI=1S/C22H29NO/c1-2-21-18-20(19-10-5-3-6-11-19)14-16-23(21)15-9-17-24-22-12-7-4-8-13-22/h3-8,10-13,20-21H,2,9,14-18H2,1H3. The largest absolute Gasteiger partial charge is 0.494 e. The van der Waals surface area contributed by atoms with Crippen LogP contribution >= 0.6 is 0 Å². The summed E-state index contributed by atoms with van der Waals surface area (Å²) in [5.41, 5.74) is 1.52. The molecule has 2 aromatic carbocycles. The first-order valence-corrected chi connectivity index (χ1v) is 9.33. The molecule has 1 saturated heterocycles. The maximum absolute atomic E-state index is 5.83. The number of para-hydroxylation sites is 1. The fourth-order valence-corrected chi connectivity index (χ4v) is 3.82. The summed E-state index contributed by atoms with van der Waals surface area (Å²) < 4.78 is 5.83. The van der Waals surface area contributed by atoms with E-state index in [4.69, 9.17) is 4.74 Å². The van der Waals surface area contributed by atoms with Crippen molar-refractivity contribution in [2.45, 2.75) is 44.6 Å². The number of hydrogen-bond donors (Lipinski definition) is 0. The quantitative estimate of drug-likeness (QED) is 0.656. The molecule has 2 unspecified atom stereocenters. The highest BCUT2D eigenvalue weighted by atomic mass is 16.5. The van der Waals surface area contributed by atoms with Crippen LogP contribution in [0.3, 0.4) is 0 Å². The van der Waals surface area contributed by atoms with E-state index in [1.165, 1.54) is 31.4 Å². The highest BCUT2D eigenvalue weighted by molar-refractivity contribution is 5.21. The molecule has 2 nitrogen and oxygen atoms in total. The summed E-state index contributed by atoms with van der Waals surface area (Å²) >= 11 is 0. The molecular formula is C22H29NO. The predicted molar refractivity (Wildman–Crippen MR) is 101 cm³/mol. The third-order valence-electron chi connectivity index (χ3n) is 5.18. The topological polar surface area (TPSA) is 12.5 Å². The van der Waals surface area contributed by atoms with E-state index in [-0.39, 0.29) is 0 Å². The molecule has 3 rings (SSSR count). The zero-order chi connectivity index (χ0) is 16.6. The lowest BCUT2D eigenvalue weighted by Gasteiger charge is -2.39. The van der Waals surface area contributed by atoms with E-state index in [1.807, 2.05) is 30.3 Å². The SMILES string of the molecule is CCC1CC(c2ccccc2)CCN1CCCOc1ccccc1. The molecule has 24 heavy (non-hydrogen) atoms. The third-order valence-corrected chi connectivity index (χ3v) is 5.18. The van der Waals surface area contributed by atoms with E-state index in [1.54, 1.807) is 0 Å². The maximum Gasteiger partial charge on any atom is 0.119 e. The molecule has 0 radical (unpaired) electrons. The van der Waals surface area contributed by atoms with Gasteiger partial charge in [0.05, 0.1) is 6.61 Å². The Bertz CT molecular complexity index is 583. The molecule has 0 N–H and O–H groups in total. The van der Waals surface area contributed by atoms with Crippen LogP contribution in [-0.2, 0) is 0 Å². The molecule has 0 aromatic heterocycles. The van der Waals surface area contributed by atoms with E-state index in [0.717, 1.165) is 31.2 Å². The van der Waals surface area contributed by atoms with Crippen LogP contribution in [0.15, 0.2) is 60.7 Å². The van der Waals surface area contributed by atoms with E-state index in [0.29, 0.717) is 6.04 Å². The van der Waals surface area contributed by atoms with Crippen LogP contribution in [0.4, 0.5) is 0 Å². The lowest BCUT2D eigenvalue weighted by atomic mass is 9.84. The first-order valence-electron chi connectivity index (χ1n) is 9.33. The molecule has 1 heterocycles. The summed E-state index contributed by atoms with van der Waals surface area (Å²) in [4.78, 5) is 2.67. The van der Waals surface area contributed by atoms with Crippen molar-refractivity contribution in [1.29, 1.82) is 0 Å². The highest BCUT2D eigenvalue weighted by Crippen LogP contribution is 2.32. The Labute approximate surface area is 146 Å². The van der Waals surface area contributed by atoms with Gasteiger partial charge in [-0.3, -0.25) is 0 Å². The van der Waals surface area contributed by atoms with Crippen molar-refractivity contribution in [3.63, 3.8) is 0 Å². The third kappa shape index (κ3) is 4.61. The Morgan fingerprint density at radius 1 is 1.00 bits per heavy atom. The molecule has 1 fully saturated rings. The number of benzene rings is 2. The van der Waals surface area contributed by atoms with Gasteiger partial charge in [-0.15, -0.1) is 0 Å². The molecule has 0 aliphatic carbocycles. The number of likely N-dealkylation sites (tertiary alicyclic amines) is 1. The summed E-state index contributed by atoms with van der Waals surface area (Å²) in [5, 5.41) is 0. The molecule has 0 saturated carbocycles. The van der Waals surface area contributed by atoms with Crippen LogP contribution in [0.5, 0.6) is 5.75 Å². The summed E-state index contributed by atoms with van der Waals surface area (Å²) in [7, 11) is 0. The predicted octanol–water partition coefficient (Wildman–Crippen LogP) is 5.11. The Kier molecular flexibility index (Phi) is 6.31. The minimum atomic E-state index is 0.709. The minimum Gasteiger partial charge on any atom is -0.494 e. The van der Waals surface area contributed by atoms with Crippen molar-refractivity contribution in [3.8, 4) is 5.75 Å². The zero-order valence-electron chi connectivity index (χ0n) is 14.7. The van der Waals surface area contributed by atoms with Crippen LogP contribution in [-0.4, -0.2) is 30.6 Å². The lowest BCUT2D eigenvalue weighted by Crippen LogP contribution is -2.42. The van der Waals surface area contributed by atoms with Crippen molar-refractivity contribution in [1.82, 2.24) is 4.90 Å². The first kappa shape index (κ1) is 17.0. The first-order chi connectivity index (χ1) is 11.9. The van der Waals surface area contributed by atoms with Crippen molar-refractivity contribution < 1.29 is 4.74 Å². The van der Waals surface area contributed by atoms with Gasteiger partial charge >= 0.3 is 0 Å². The van der Waals surface area contributed by atoms with Gasteiger partial charge in [-0.25, -0.2) is 0 Å². The summed E-state index contributed by atoms with van der Waals surface area (Å²) in [6.07, 6.45) is 4.91. The highest BCUT2D eigenvalue weighted by Gasteiger charge is 2.27. The van der Waals surface area contributed by atoms with E-state index < -0.39 is 0 Å². The summed E-state index contributed by atoms with van der Waals surface area (Å²) in [6.45, 7) is 5.49. The zero-order valence-corrected chi connectivity index (χ0v) is 14.7. The average molecular weight is 323 g/mol. The summed E-state index contributed by atoms with van der Waals surface area (Å²) in [6, 6.07) is 21.9. The minimum absolute atomic E-state index is 0.709. The molecule has 1 aliphatic rings. The van der Waals surface area contributed by atoms with Crippen LogP contribution < -0.4 is 4.74 Å². The van der Waals surface area contributed by atoms with Gasteiger partial charge in [0.2, 0.25) is 0 Å². The van der Waals surface area contributed by atoms with Crippen LogP contribution in [0, 0.1) is 0 Å². The molecule has 0 bridgehead atoms. The number of hydrogen-bond acceptors (Lipinski definition) is 2. The molecule has 2 heteroatoms. The second kappa shape index (κ2) is 8.89. The molecule has 0 spiro atoms. The van der Waals surface area contributed by atoms with E-state index >= 15 is 0 Å². The smallest absolute Gasteiger partial charge is 0.119 e. The van der Waals surface area contributed by atoms with Gasteiger partial charge in [0.15, 0.2) is 0 Å². The van der Waals surface area contributed by atoms with Gasteiger partial charge in [-0.2, -0.15) is 0 Å². The molecular weight excluding hydrogens is 294 g/mol. The number of nitrogens with zero attached hydrogens (tertiary/aromatic N) is 1. The molecule has 128 valence electrons. The van der Waals surface area contributed by atoms with Gasteiger partial charge in [0, 0.05) is 12.6 Å². The van der Waals surface area contributed by atoms with Gasteiger partial charge < -0.3 is 9.64 Å². The fourth-order valence-electron chi connectivity index (χ4n) is 3.82. The van der Waals surface area contributed by atoms with Crippen molar-refractivity contribution in [2.24, 2.45) is 0 Å². The lowest BCUT2D eigenvalue weighted by molar-refractivity contribution is 0.122. The molecule has 1 aliphatic heterocycles. The number of piperidine rings is 1. The number of ether oxygens (including phenoxy) is 1. The molecule has 2 atom stereocenters. The fraction of sp³-hybridized carbons (Fsp3) is 0.455. The van der Waals surface area contributed by atoms with Crippen molar-refractivity contribution in [2.75, 3.05) is 19.7 Å². The van der Waals surface area contributed by atoms with Crippen LogP contribution in [0.25, 0.3) is 0 Å². The van der Waals surface area contributed by atoms with Gasteiger partial charge in [0.1, 0.15) is 5.75 Å². The van der Waals surface area contributed by atoms with Crippen LogP contribution in [0.1, 0.15) is 44.1 Å². The second-order valence-electron chi connectivity index (χ2n) is 6.75. The number of rotatable bonds is 7. The van der Waals surface area contributed by atoms with Crippen molar-refractivity contribution >= 4 is 0 Å². The maximum atomic E-state index is 5.83. The van der Waals surface area contributed by atoms with Gasteiger partial charge in [-0.05, 0) is 55.8 Å². The molecule has 2 aromatic rings. The molecule has 0 amide bonds.